The van der Waals surface area contributed by atoms with Gasteiger partial charge in [-0.25, -0.2) is 4.79 Å². The number of carboxylic acids is 3. The van der Waals surface area contributed by atoms with Crippen molar-refractivity contribution in [2.75, 3.05) is 26.2 Å². The Morgan fingerprint density at radius 2 is 0.641 bits per heavy atom. The number of nitrogens with one attached hydrogen (secondary N) is 13. The van der Waals surface area contributed by atoms with Gasteiger partial charge < -0.3 is 129 Å². The van der Waals surface area contributed by atoms with Gasteiger partial charge in [-0.1, -0.05) is 66.5 Å². The highest BCUT2D eigenvalue weighted by Gasteiger charge is 2.39. The van der Waals surface area contributed by atoms with Gasteiger partial charge in [0.25, 0.3) is 0 Å². The van der Waals surface area contributed by atoms with Gasteiger partial charge in [0.05, 0.1) is 6.10 Å². The number of rotatable bonds is 61. The highest BCUT2D eigenvalue weighted by atomic mass is 16.4. The predicted molar refractivity (Wildman–Crippen MR) is 428 cm³/mol. The molecule has 0 radical (unpaired) electrons. The maximum Gasteiger partial charge on any atom is 0.326 e. The zero-order chi connectivity index (χ0) is 88.8. The van der Waals surface area contributed by atoms with E-state index in [0.29, 0.717) is 44.1 Å². The van der Waals surface area contributed by atoms with Crippen molar-refractivity contribution in [3.8, 4) is 5.75 Å². The van der Waals surface area contributed by atoms with Gasteiger partial charge in [0.2, 0.25) is 82.7 Å². The molecule has 0 aliphatic rings. The third kappa shape index (κ3) is 41.0. The van der Waals surface area contributed by atoms with Crippen molar-refractivity contribution in [2.45, 2.75) is 294 Å². The zero-order valence-corrected chi connectivity index (χ0v) is 68.7. The van der Waals surface area contributed by atoms with Gasteiger partial charge in [0, 0.05) is 25.7 Å². The van der Waals surface area contributed by atoms with Gasteiger partial charge in [0.15, 0.2) is 0 Å². The molecular formula is C76H131N19O22. The second-order valence-electron chi connectivity index (χ2n) is 29.9. The third-order valence-corrected chi connectivity index (χ3v) is 19.4. The van der Waals surface area contributed by atoms with Gasteiger partial charge in [0.1, 0.15) is 90.3 Å². The largest absolute Gasteiger partial charge is 0.508 e. The molecule has 0 spiro atoms. The summed E-state index contributed by atoms with van der Waals surface area (Å²) < 4.78 is 0. The lowest BCUT2D eigenvalue weighted by Crippen LogP contribution is -2.62. The van der Waals surface area contributed by atoms with Crippen LogP contribution in [-0.2, 0) is 87.9 Å². The number of aromatic hydroxyl groups is 1. The smallest absolute Gasteiger partial charge is 0.326 e. The number of hydrogen-bond acceptors (Lipinski definition) is 24. The van der Waals surface area contributed by atoms with E-state index in [0.717, 1.165) is 0 Å². The van der Waals surface area contributed by atoms with Crippen LogP contribution < -0.4 is 104 Å². The topological polar surface area (TPSA) is 704 Å². The van der Waals surface area contributed by atoms with Crippen molar-refractivity contribution in [1.29, 1.82) is 0 Å². The summed E-state index contributed by atoms with van der Waals surface area (Å²) in [5.41, 5.74) is 34.7. The zero-order valence-electron chi connectivity index (χ0n) is 68.7. The van der Waals surface area contributed by atoms with Crippen LogP contribution in [0.3, 0.4) is 0 Å². The molecule has 41 heteroatoms. The molecule has 0 aliphatic carbocycles. The first-order chi connectivity index (χ1) is 55.1. The van der Waals surface area contributed by atoms with Crippen LogP contribution in [0.4, 0.5) is 0 Å². The standard InChI is InChI=1S/C76H131N19O22/c1-10-41(5)61(74(114)84-43(7)63(103)83-44(8)64(104)85-48(20-12-16-34-77)66(106)92-56(39-46-24-26-47(97)27-25-46)72(112)91-54(76(116)117)23-15-19-37-80)94-70(110)53(30-33-59(101)102)88-68(108)52(29-32-58(99)100)90-75(115)62(42(6)11-2)95-69(109)50(22-14-18-36-79)87-65(105)49(21-13-17-35-78)86-67(107)51(28-31-57(81)98)89-71(111)55(38-40(3)4)93-73(113)60(82)45(9)96/h24-27,40-45,48-56,60-62,96-97H,10-23,28-39,77-80,82H2,1-9H3,(H2,81,98)(H,83,103)(H,84,114)(H,85,104)(H,86,107)(H,87,105)(H,88,108)(H,89,111)(H,90,115)(H,91,112)(H,92,106)(H,93,113)(H,94,110)(H,95,109)(H,99,100)(H,101,102)(H,116,117)/t41-,42-,43-,44-,45+,48-,49-,50-,51-,52-,53-,54-,55-,56-,60-,61-,62-/m0/s1. The number of aliphatic hydroxyl groups is 1. The molecule has 30 N–H and O–H groups in total. The molecule has 1 aromatic rings. The lowest BCUT2D eigenvalue weighted by atomic mass is 9.96. The number of carboxylic acid groups (broad SMARTS) is 3. The van der Waals surface area contributed by atoms with Crippen molar-refractivity contribution in [3.05, 3.63) is 29.8 Å². The molecule has 0 heterocycles. The van der Waals surface area contributed by atoms with Gasteiger partial charge in [-0.05, 0) is 185 Å². The van der Waals surface area contributed by atoms with Crippen LogP contribution >= 0.6 is 0 Å². The molecule has 0 fully saturated rings. The number of phenols is 1. The first-order valence-corrected chi connectivity index (χ1v) is 40.0. The van der Waals surface area contributed by atoms with E-state index in [1.807, 2.05) is 0 Å². The van der Waals surface area contributed by atoms with E-state index >= 15 is 0 Å². The van der Waals surface area contributed by atoms with Crippen molar-refractivity contribution in [3.63, 3.8) is 0 Å². The number of amides is 14. The van der Waals surface area contributed by atoms with Crippen LogP contribution in [0.1, 0.15) is 203 Å². The molecule has 0 saturated heterocycles. The second-order valence-corrected chi connectivity index (χ2v) is 29.9. The van der Waals surface area contributed by atoms with Crippen molar-refractivity contribution >= 4 is 101 Å². The normalized spacial score (nSPS) is 15.6. The lowest BCUT2D eigenvalue weighted by molar-refractivity contribution is -0.142. The lowest BCUT2D eigenvalue weighted by Gasteiger charge is -2.30. The Labute approximate surface area is 682 Å². The molecule has 41 nitrogen and oxygen atoms in total. The quantitative estimate of drug-likeness (QED) is 0.0275. The molecule has 0 aromatic heterocycles. The number of primary amides is 1. The number of hydrogen-bond donors (Lipinski definition) is 24. The third-order valence-electron chi connectivity index (χ3n) is 19.4. The van der Waals surface area contributed by atoms with Gasteiger partial charge in [-0.2, -0.15) is 0 Å². The van der Waals surface area contributed by atoms with E-state index < -0.39 is 235 Å². The van der Waals surface area contributed by atoms with Gasteiger partial charge >= 0.3 is 17.9 Å². The van der Waals surface area contributed by atoms with Crippen LogP contribution in [0.2, 0.25) is 0 Å². The first-order valence-electron chi connectivity index (χ1n) is 40.0. The van der Waals surface area contributed by atoms with Gasteiger partial charge in [-0.15, -0.1) is 0 Å². The summed E-state index contributed by atoms with van der Waals surface area (Å²) in [5, 5.41) is 82.2. The number of unbranched alkanes of at least 4 members (excludes halogenated alkanes) is 4. The molecule has 0 aliphatic heterocycles. The summed E-state index contributed by atoms with van der Waals surface area (Å²) in [6.07, 6.45) is -2.31. The molecule has 0 unspecified atom stereocenters. The summed E-state index contributed by atoms with van der Waals surface area (Å²) in [7, 11) is 0. The van der Waals surface area contributed by atoms with Crippen molar-refractivity contribution in [1.82, 2.24) is 69.1 Å². The Hall–Kier alpha value is -10.2. The molecule has 117 heavy (non-hydrogen) atoms. The van der Waals surface area contributed by atoms with E-state index in [1.54, 1.807) is 41.5 Å². The van der Waals surface area contributed by atoms with Crippen LogP contribution in [0.25, 0.3) is 0 Å². The average Bonchev–Trinajstić information content (AvgIpc) is 0.852. The molecular weight excluding hydrogens is 1530 g/mol. The Morgan fingerprint density at radius 3 is 0.991 bits per heavy atom. The van der Waals surface area contributed by atoms with Crippen molar-refractivity contribution < 1.29 is 107 Å². The maximum atomic E-state index is 14.6. The summed E-state index contributed by atoms with van der Waals surface area (Å²) in [6.45, 7) is 14.5. The molecule has 0 saturated carbocycles. The van der Waals surface area contributed by atoms with Crippen LogP contribution in [-0.4, -0.2) is 243 Å². The molecule has 0 bridgehead atoms. The molecule has 1 aromatic carbocycles. The fraction of sp³-hybridized carbons (Fsp3) is 0.697. The Kier molecular flexibility index (Phi) is 50.3. The van der Waals surface area contributed by atoms with Crippen LogP contribution in [0.15, 0.2) is 24.3 Å². The van der Waals surface area contributed by atoms with Gasteiger partial charge in [-0.3, -0.25) is 76.7 Å². The predicted octanol–water partition coefficient (Wildman–Crippen LogP) is -4.28. The maximum absolute atomic E-state index is 14.6. The summed E-state index contributed by atoms with van der Waals surface area (Å²) in [6, 6.07) is -15.3. The summed E-state index contributed by atoms with van der Waals surface area (Å²) in [4.78, 5) is 232. The Bertz CT molecular complexity index is 3410. The molecule has 662 valence electrons. The minimum absolute atomic E-state index is 0.0236. The fourth-order valence-electron chi connectivity index (χ4n) is 11.8. The van der Waals surface area contributed by atoms with Crippen LogP contribution in [0.5, 0.6) is 5.75 Å². The average molecular weight is 1660 g/mol. The van der Waals surface area contributed by atoms with Crippen molar-refractivity contribution in [2.24, 2.45) is 52.2 Å². The minimum Gasteiger partial charge on any atom is -0.508 e. The number of aliphatic hydroxyl groups excluding tert-OH is 1. The molecule has 17 atom stereocenters. The van der Waals surface area contributed by atoms with E-state index in [9.17, 15) is 107 Å². The first kappa shape index (κ1) is 105. The monoisotopic (exact) mass is 1660 g/mol. The van der Waals surface area contributed by atoms with E-state index in [-0.39, 0.29) is 108 Å². The summed E-state index contributed by atoms with van der Waals surface area (Å²) >= 11 is 0. The van der Waals surface area contributed by atoms with Crippen LogP contribution in [0, 0.1) is 17.8 Å². The number of carbonyl (C=O) groups excluding carboxylic acids is 14. The van der Waals surface area contributed by atoms with E-state index in [4.69, 9.17) is 34.4 Å². The minimum atomic E-state index is -1.83. The Balaban J connectivity index is 3.64. The fourth-order valence-corrected chi connectivity index (χ4v) is 11.8. The summed E-state index contributed by atoms with van der Waals surface area (Å²) in [5.74, 6) is -19.5. The second kappa shape index (κ2) is 56.2. The number of nitrogens with two attached hydrogens (primary N) is 6. The number of phenolic OH excluding ortho intramolecular Hbond substituents is 1. The number of benzene rings is 1. The van der Waals surface area contributed by atoms with E-state index in [2.05, 4.69) is 69.1 Å². The Morgan fingerprint density at radius 1 is 0.350 bits per heavy atom. The SMILES string of the molecule is CC[C@H](C)[C@H](NC(=O)[C@H](CCC(=O)O)NC(=O)[C@H](CCC(=O)O)NC(=O)[C@@H](NC(=O)[C@H](CCCCN)NC(=O)[C@H](CCCCN)NC(=O)[C@H](CCC(N)=O)NC(=O)[C@H](CC(C)C)NC(=O)[C@@H](N)[C@@H](C)O)[C@@H](C)CC)C(=O)N[C@@H](C)C(=O)N[C@@H](C)C(=O)N[C@@H](CCCCN)C(=O)N[C@@H](Cc1ccc(O)cc1)C(=O)N[C@@H](CCCCN)C(=O)O. The van der Waals surface area contributed by atoms with E-state index in [1.165, 1.54) is 45.0 Å². The highest BCUT2D eigenvalue weighted by molar-refractivity contribution is 6.00. The number of aliphatic carboxylic acids is 3. The molecule has 14 amide bonds. The number of carbonyl (C=O) groups is 17. The highest BCUT2D eigenvalue weighted by Crippen LogP contribution is 2.18. The molecule has 1 rings (SSSR count).